The fourth-order valence-electron chi connectivity index (χ4n) is 1.50. The number of nitrogens with one attached hydrogen (secondary N) is 1. The molecule has 1 N–H and O–H groups in total. The third kappa shape index (κ3) is 4.15. The van der Waals surface area contributed by atoms with Gasteiger partial charge in [-0.2, -0.15) is 0 Å². The van der Waals surface area contributed by atoms with Crippen LogP contribution in [0, 0.1) is 12.3 Å². The summed E-state index contributed by atoms with van der Waals surface area (Å²) in [5.74, 6) is 2.56. The Morgan fingerprint density at radius 3 is 2.38 bits per heavy atom. The number of rotatable bonds is 7. The maximum absolute atomic E-state index is 11.7. The van der Waals surface area contributed by atoms with Crippen molar-refractivity contribution in [1.82, 2.24) is 5.32 Å². The molecule has 0 aliphatic rings. The van der Waals surface area contributed by atoms with Gasteiger partial charge in [-0.1, -0.05) is 6.92 Å². The summed E-state index contributed by atoms with van der Waals surface area (Å²) >= 11 is 0. The molecule has 16 heavy (non-hydrogen) atoms. The first-order valence-corrected chi connectivity index (χ1v) is 7.53. The molecule has 0 aliphatic carbocycles. The van der Waals surface area contributed by atoms with Crippen LogP contribution >= 0.6 is 0 Å². The summed E-state index contributed by atoms with van der Waals surface area (Å²) in [5, 5.41) is 3.28. The minimum Gasteiger partial charge on any atom is -0.312 e. The second kappa shape index (κ2) is 6.27. The molecule has 1 unspecified atom stereocenters. The fraction of sp³-hybridized carbons (Fsp3) is 0.833. The van der Waals surface area contributed by atoms with E-state index in [2.05, 4.69) is 18.2 Å². The van der Waals surface area contributed by atoms with E-state index in [4.69, 9.17) is 6.42 Å². The van der Waals surface area contributed by atoms with Crippen molar-refractivity contribution in [1.29, 1.82) is 0 Å². The summed E-state index contributed by atoms with van der Waals surface area (Å²) in [6.07, 6.45) is 8.78. The van der Waals surface area contributed by atoms with Crippen molar-refractivity contribution >= 4 is 9.84 Å². The van der Waals surface area contributed by atoms with Crippen LogP contribution in [-0.4, -0.2) is 32.0 Å². The molecule has 0 radical (unpaired) electrons. The van der Waals surface area contributed by atoms with E-state index in [1.54, 1.807) is 13.8 Å². The highest BCUT2D eigenvalue weighted by Crippen LogP contribution is 2.23. The van der Waals surface area contributed by atoms with Gasteiger partial charge in [0.25, 0.3) is 0 Å². The predicted octanol–water partition coefficient (Wildman–Crippen LogP) is 1.59. The van der Waals surface area contributed by atoms with Gasteiger partial charge in [0.1, 0.15) is 0 Å². The van der Waals surface area contributed by atoms with Crippen LogP contribution in [0.4, 0.5) is 0 Å². The topological polar surface area (TPSA) is 46.2 Å². The molecule has 0 aromatic carbocycles. The van der Waals surface area contributed by atoms with E-state index in [-0.39, 0.29) is 6.04 Å². The van der Waals surface area contributed by atoms with Crippen molar-refractivity contribution < 1.29 is 8.42 Å². The van der Waals surface area contributed by atoms with E-state index in [9.17, 15) is 8.42 Å². The number of terminal acetylenes is 1. The third-order valence-electron chi connectivity index (χ3n) is 3.01. The molecule has 0 aromatic heterocycles. The van der Waals surface area contributed by atoms with Crippen molar-refractivity contribution in [2.45, 2.75) is 50.8 Å². The van der Waals surface area contributed by atoms with Crippen LogP contribution in [0.15, 0.2) is 0 Å². The van der Waals surface area contributed by atoms with Crippen molar-refractivity contribution in [2.75, 3.05) is 12.8 Å². The lowest BCUT2D eigenvalue weighted by atomic mass is 9.98. The third-order valence-corrected chi connectivity index (χ3v) is 5.21. The monoisotopic (exact) mass is 245 g/mol. The molecular formula is C12H23NO2S. The van der Waals surface area contributed by atoms with Gasteiger partial charge in [0.15, 0.2) is 9.84 Å². The molecule has 0 spiro atoms. The summed E-state index contributed by atoms with van der Waals surface area (Å²) in [5.41, 5.74) is 0. The first kappa shape index (κ1) is 15.5. The molecule has 1 atom stereocenters. The van der Waals surface area contributed by atoms with Gasteiger partial charge in [0, 0.05) is 18.7 Å². The highest BCUT2D eigenvalue weighted by atomic mass is 32.2. The van der Waals surface area contributed by atoms with Gasteiger partial charge in [-0.25, -0.2) is 8.42 Å². The molecule has 0 heterocycles. The standard InChI is InChI=1S/C12H23NO2S/c1-6-8-9-11(13-10-7-2)12(3,4)16(5,14)15/h1,11,13H,7-10H2,2-5H3. The average Bonchev–Trinajstić information content (AvgIpc) is 2.16. The summed E-state index contributed by atoms with van der Waals surface area (Å²) in [4.78, 5) is 0. The zero-order valence-electron chi connectivity index (χ0n) is 10.7. The zero-order chi connectivity index (χ0) is 12.8. The molecule has 0 saturated carbocycles. The molecule has 0 fully saturated rings. The highest BCUT2D eigenvalue weighted by molar-refractivity contribution is 7.92. The van der Waals surface area contributed by atoms with E-state index in [1.165, 1.54) is 6.26 Å². The van der Waals surface area contributed by atoms with Gasteiger partial charge < -0.3 is 5.32 Å². The Kier molecular flexibility index (Phi) is 6.06. The van der Waals surface area contributed by atoms with E-state index >= 15 is 0 Å². The molecule has 0 rings (SSSR count). The molecule has 0 aliphatic heterocycles. The van der Waals surface area contributed by atoms with Gasteiger partial charge in [0.05, 0.1) is 4.75 Å². The van der Waals surface area contributed by atoms with Crippen molar-refractivity contribution in [3.63, 3.8) is 0 Å². The van der Waals surface area contributed by atoms with E-state index in [1.807, 2.05) is 0 Å². The SMILES string of the molecule is C#CCCC(NCCC)C(C)(C)S(C)(=O)=O. The minimum absolute atomic E-state index is 0.0847. The van der Waals surface area contributed by atoms with Gasteiger partial charge in [-0.15, -0.1) is 12.3 Å². The Labute approximate surface area is 99.9 Å². The highest BCUT2D eigenvalue weighted by Gasteiger charge is 2.38. The lowest BCUT2D eigenvalue weighted by molar-refractivity contribution is 0.392. The minimum atomic E-state index is -3.09. The number of sulfone groups is 1. The summed E-state index contributed by atoms with van der Waals surface area (Å²) < 4.78 is 22.7. The Morgan fingerprint density at radius 2 is 2.00 bits per heavy atom. The van der Waals surface area contributed by atoms with Crippen LogP contribution in [0.5, 0.6) is 0 Å². The molecule has 0 saturated heterocycles. The van der Waals surface area contributed by atoms with Crippen molar-refractivity contribution in [3.8, 4) is 12.3 Å². The quantitative estimate of drug-likeness (QED) is 0.693. The first-order chi connectivity index (χ1) is 7.27. The maximum Gasteiger partial charge on any atom is 0.154 e. The second-order valence-electron chi connectivity index (χ2n) is 4.63. The Balaban J connectivity index is 4.80. The summed E-state index contributed by atoms with van der Waals surface area (Å²) in [6, 6.07) is -0.0847. The summed E-state index contributed by atoms with van der Waals surface area (Å²) in [7, 11) is -3.09. The van der Waals surface area contributed by atoms with Crippen molar-refractivity contribution in [2.24, 2.45) is 0 Å². The molecule has 4 heteroatoms. The van der Waals surface area contributed by atoms with Crippen LogP contribution in [0.25, 0.3) is 0 Å². The molecular weight excluding hydrogens is 222 g/mol. The predicted molar refractivity (Wildman–Crippen MR) is 69.1 cm³/mol. The fourth-order valence-corrected chi connectivity index (χ4v) is 2.22. The molecule has 94 valence electrons. The van der Waals surface area contributed by atoms with Crippen LogP contribution in [0.2, 0.25) is 0 Å². The van der Waals surface area contributed by atoms with E-state index in [0.29, 0.717) is 12.8 Å². The first-order valence-electron chi connectivity index (χ1n) is 5.63. The summed E-state index contributed by atoms with van der Waals surface area (Å²) in [6.45, 7) is 6.38. The lowest BCUT2D eigenvalue weighted by Crippen LogP contribution is -2.51. The normalized spacial score (nSPS) is 14.4. The van der Waals surface area contributed by atoms with E-state index in [0.717, 1.165) is 13.0 Å². The molecule has 0 amide bonds. The van der Waals surface area contributed by atoms with Crippen LogP contribution in [0.3, 0.4) is 0 Å². The van der Waals surface area contributed by atoms with Crippen molar-refractivity contribution in [3.05, 3.63) is 0 Å². The van der Waals surface area contributed by atoms with Crippen LogP contribution in [0.1, 0.15) is 40.0 Å². The second-order valence-corrected chi connectivity index (χ2v) is 7.22. The Bertz CT molecular complexity index is 339. The van der Waals surface area contributed by atoms with Gasteiger partial charge >= 0.3 is 0 Å². The van der Waals surface area contributed by atoms with Gasteiger partial charge in [-0.3, -0.25) is 0 Å². The number of hydrogen-bond donors (Lipinski definition) is 1. The smallest absolute Gasteiger partial charge is 0.154 e. The Morgan fingerprint density at radius 1 is 1.44 bits per heavy atom. The Hall–Kier alpha value is -0.530. The van der Waals surface area contributed by atoms with Crippen LogP contribution in [-0.2, 0) is 9.84 Å². The average molecular weight is 245 g/mol. The van der Waals surface area contributed by atoms with E-state index < -0.39 is 14.6 Å². The van der Waals surface area contributed by atoms with Gasteiger partial charge in [-0.05, 0) is 33.2 Å². The lowest BCUT2D eigenvalue weighted by Gasteiger charge is -2.33. The number of hydrogen-bond acceptors (Lipinski definition) is 3. The zero-order valence-corrected chi connectivity index (χ0v) is 11.5. The van der Waals surface area contributed by atoms with Crippen LogP contribution < -0.4 is 5.32 Å². The molecule has 0 bridgehead atoms. The molecule has 3 nitrogen and oxygen atoms in total. The maximum atomic E-state index is 11.7. The molecule has 0 aromatic rings. The largest absolute Gasteiger partial charge is 0.312 e. The van der Waals surface area contributed by atoms with Gasteiger partial charge in [0.2, 0.25) is 0 Å².